The fourth-order valence-corrected chi connectivity index (χ4v) is 7.28. The minimum Gasteiger partial charge on any atom is -0.448 e. The van der Waals surface area contributed by atoms with E-state index < -0.39 is 5.79 Å². The van der Waals surface area contributed by atoms with Crippen molar-refractivity contribution in [3.63, 3.8) is 0 Å². The molecule has 0 bridgehead atoms. The summed E-state index contributed by atoms with van der Waals surface area (Å²) >= 11 is 8.10. The Kier molecular flexibility index (Phi) is 8.38. The smallest absolute Gasteiger partial charge is 0.254 e. The van der Waals surface area contributed by atoms with Crippen LogP contribution in [-0.2, 0) is 11.3 Å². The van der Waals surface area contributed by atoms with Crippen LogP contribution in [0.4, 0.5) is 0 Å². The number of benzene rings is 1. The number of amides is 2. The molecular formula is C30H39ClN4O5S. The van der Waals surface area contributed by atoms with Gasteiger partial charge >= 0.3 is 0 Å². The summed E-state index contributed by atoms with van der Waals surface area (Å²) in [4.78, 5) is 45.7. The number of ether oxygens (including phenoxy) is 2. The Morgan fingerprint density at radius 2 is 1.80 bits per heavy atom. The normalized spacial score (nSPS) is 24.2. The Morgan fingerprint density at radius 3 is 2.44 bits per heavy atom. The van der Waals surface area contributed by atoms with Crippen molar-refractivity contribution in [2.24, 2.45) is 11.8 Å². The Bertz CT molecular complexity index is 1410. The largest absolute Gasteiger partial charge is 0.448 e. The summed E-state index contributed by atoms with van der Waals surface area (Å²) in [6.45, 7) is 7.38. The van der Waals surface area contributed by atoms with Crippen molar-refractivity contribution in [1.82, 2.24) is 20.1 Å². The zero-order valence-corrected chi connectivity index (χ0v) is 26.1. The highest BCUT2D eigenvalue weighted by Gasteiger charge is 2.48. The Hall–Kier alpha value is -2.69. The SMILES string of the molecule is CSc1cc(C)[nH]c(=O)c1CNC(=O)c1cc(Cl)c2c(c1C)OC(C)(C1CCC(N3CC(C(=O)N(C)C)C3)CC1)O2. The maximum atomic E-state index is 13.3. The van der Waals surface area contributed by atoms with Crippen molar-refractivity contribution >= 4 is 35.2 Å². The van der Waals surface area contributed by atoms with E-state index in [1.807, 2.05) is 47.2 Å². The molecule has 1 unspecified atom stereocenters. The molecule has 9 nitrogen and oxygen atoms in total. The number of pyridine rings is 1. The first-order valence-electron chi connectivity index (χ1n) is 14.1. The molecule has 2 fully saturated rings. The molecule has 5 rings (SSSR count). The van der Waals surface area contributed by atoms with Crippen molar-refractivity contribution in [2.75, 3.05) is 33.4 Å². The number of likely N-dealkylation sites (tertiary alicyclic amines) is 1. The molecule has 0 radical (unpaired) electrons. The quantitative estimate of drug-likeness (QED) is 0.454. The maximum absolute atomic E-state index is 13.3. The number of hydrogen-bond donors (Lipinski definition) is 2. The molecule has 41 heavy (non-hydrogen) atoms. The number of thioether (sulfide) groups is 1. The molecule has 2 aliphatic heterocycles. The molecule has 1 saturated heterocycles. The van der Waals surface area contributed by atoms with Crippen molar-refractivity contribution in [3.05, 3.63) is 49.9 Å². The number of aromatic nitrogens is 1. The highest BCUT2D eigenvalue weighted by molar-refractivity contribution is 7.98. The van der Waals surface area contributed by atoms with E-state index in [1.165, 1.54) is 11.8 Å². The van der Waals surface area contributed by atoms with Gasteiger partial charge in [-0.1, -0.05) is 11.6 Å². The maximum Gasteiger partial charge on any atom is 0.254 e. The van der Waals surface area contributed by atoms with Gasteiger partial charge in [-0.3, -0.25) is 19.3 Å². The van der Waals surface area contributed by atoms with E-state index in [0.29, 0.717) is 39.3 Å². The van der Waals surface area contributed by atoms with Gasteiger partial charge in [0.05, 0.1) is 10.9 Å². The fourth-order valence-electron chi connectivity index (χ4n) is 6.35. The Labute approximate surface area is 250 Å². The van der Waals surface area contributed by atoms with Crippen LogP contribution >= 0.6 is 23.4 Å². The molecule has 1 aliphatic carbocycles. The molecule has 1 atom stereocenters. The van der Waals surface area contributed by atoms with Crippen LogP contribution in [0.3, 0.4) is 0 Å². The van der Waals surface area contributed by atoms with Gasteiger partial charge in [0, 0.05) is 79.9 Å². The minimum absolute atomic E-state index is 0.0954. The fraction of sp³-hybridized carbons (Fsp3) is 0.567. The second-order valence-electron chi connectivity index (χ2n) is 11.8. The van der Waals surface area contributed by atoms with Gasteiger partial charge in [0.2, 0.25) is 5.91 Å². The number of carbonyl (C=O) groups excluding carboxylic acids is 2. The lowest BCUT2D eigenvalue weighted by Crippen LogP contribution is -2.58. The summed E-state index contributed by atoms with van der Waals surface area (Å²) in [6, 6.07) is 3.98. The number of aromatic amines is 1. The van der Waals surface area contributed by atoms with E-state index in [9.17, 15) is 14.4 Å². The number of nitrogens with one attached hydrogen (secondary N) is 2. The average Bonchev–Trinajstić information content (AvgIpc) is 3.28. The third-order valence-corrected chi connectivity index (χ3v) is 9.91. The van der Waals surface area contributed by atoms with Crippen molar-refractivity contribution in [1.29, 1.82) is 0 Å². The molecule has 2 N–H and O–H groups in total. The van der Waals surface area contributed by atoms with Gasteiger partial charge in [0.15, 0.2) is 11.5 Å². The average molecular weight is 603 g/mol. The molecule has 3 heterocycles. The predicted octanol–water partition coefficient (Wildman–Crippen LogP) is 4.36. The standard InChI is InChI=1S/C30H39ClN4O5S/c1-16-11-24(41-6)22(28(37)33-16)13-32-27(36)21-12-23(31)26-25(17(21)2)39-30(3,40-26)19-7-9-20(10-8-19)35-14-18(15-35)29(38)34(4)5/h11-12,18-20H,7-10,13-15H2,1-6H3,(H,32,36)(H,33,37). The lowest BCUT2D eigenvalue weighted by Gasteiger charge is -2.47. The van der Waals surface area contributed by atoms with Gasteiger partial charge in [-0.15, -0.1) is 11.8 Å². The summed E-state index contributed by atoms with van der Waals surface area (Å²) in [5.41, 5.74) is 2.12. The number of rotatable bonds is 7. The third kappa shape index (κ3) is 5.70. The summed E-state index contributed by atoms with van der Waals surface area (Å²) in [5.74, 6) is 0.239. The first kappa shape index (κ1) is 29.8. The number of halogens is 1. The lowest BCUT2D eigenvalue weighted by atomic mass is 9.79. The molecule has 0 spiro atoms. The van der Waals surface area contributed by atoms with E-state index in [4.69, 9.17) is 21.1 Å². The zero-order chi connectivity index (χ0) is 29.6. The van der Waals surface area contributed by atoms with Gasteiger partial charge < -0.3 is 24.7 Å². The third-order valence-electron chi connectivity index (χ3n) is 8.82. The van der Waals surface area contributed by atoms with Crippen LogP contribution in [0, 0.1) is 25.7 Å². The van der Waals surface area contributed by atoms with E-state index in [-0.39, 0.29) is 35.8 Å². The molecule has 3 aliphatic rings. The van der Waals surface area contributed by atoms with Crippen molar-refractivity contribution < 1.29 is 19.1 Å². The predicted molar refractivity (Wildman–Crippen MR) is 160 cm³/mol. The van der Waals surface area contributed by atoms with Crippen molar-refractivity contribution in [3.8, 4) is 11.5 Å². The number of fused-ring (bicyclic) bond motifs is 1. The monoisotopic (exact) mass is 602 g/mol. The molecule has 1 aromatic carbocycles. The second-order valence-corrected chi connectivity index (χ2v) is 13.1. The van der Waals surface area contributed by atoms with Gasteiger partial charge in [-0.2, -0.15) is 0 Å². The zero-order valence-electron chi connectivity index (χ0n) is 24.6. The van der Waals surface area contributed by atoms with Crippen LogP contribution in [0.1, 0.15) is 59.8 Å². The highest BCUT2D eigenvalue weighted by Crippen LogP contribution is 2.52. The highest BCUT2D eigenvalue weighted by atomic mass is 35.5. The molecule has 2 aromatic rings. The summed E-state index contributed by atoms with van der Waals surface area (Å²) in [7, 11) is 3.63. The van der Waals surface area contributed by atoms with Crippen molar-refractivity contribution in [2.45, 2.75) is 69.7 Å². The van der Waals surface area contributed by atoms with Crippen LogP contribution in [0.2, 0.25) is 5.02 Å². The number of H-pyrrole nitrogens is 1. The van der Waals surface area contributed by atoms with Gasteiger partial charge in [0.1, 0.15) is 0 Å². The van der Waals surface area contributed by atoms with E-state index in [2.05, 4.69) is 15.2 Å². The first-order valence-corrected chi connectivity index (χ1v) is 15.7. The number of hydrogen-bond acceptors (Lipinski definition) is 7. The van der Waals surface area contributed by atoms with E-state index in [0.717, 1.165) is 49.4 Å². The first-order chi connectivity index (χ1) is 19.4. The molecule has 222 valence electrons. The number of carbonyl (C=O) groups is 2. The lowest BCUT2D eigenvalue weighted by molar-refractivity contribution is -0.142. The minimum atomic E-state index is -0.877. The number of nitrogens with zero attached hydrogens (tertiary/aromatic N) is 2. The molecular weight excluding hydrogens is 564 g/mol. The van der Waals surface area contributed by atoms with Gasteiger partial charge in [0.25, 0.3) is 17.3 Å². The van der Waals surface area contributed by atoms with Crippen LogP contribution in [0.15, 0.2) is 21.8 Å². The van der Waals surface area contributed by atoms with Crippen LogP contribution in [-0.4, -0.2) is 71.9 Å². The summed E-state index contributed by atoms with van der Waals surface area (Å²) in [6.07, 6.45) is 5.81. The summed E-state index contributed by atoms with van der Waals surface area (Å²) < 4.78 is 12.8. The van der Waals surface area contributed by atoms with Gasteiger partial charge in [-0.25, -0.2) is 0 Å². The van der Waals surface area contributed by atoms with E-state index >= 15 is 0 Å². The summed E-state index contributed by atoms with van der Waals surface area (Å²) in [5, 5.41) is 3.20. The molecule has 1 saturated carbocycles. The van der Waals surface area contributed by atoms with E-state index in [1.54, 1.807) is 11.0 Å². The molecule has 2 amide bonds. The molecule has 11 heteroatoms. The van der Waals surface area contributed by atoms with Crippen LogP contribution in [0.5, 0.6) is 11.5 Å². The van der Waals surface area contributed by atoms with Crippen LogP contribution in [0.25, 0.3) is 0 Å². The Morgan fingerprint density at radius 1 is 1.15 bits per heavy atom. The van der Waals surface area contributed by atoms with Gasteiger partial charge in [-0.05, 0) is 57.9 Å². The second kappa shape index (κ2) is 11.5. The number of aryl methyl sites for hydroxylation is 1. The Balaban J connectivity index is 1.23. The van der Waals surface area contributed by atoms with Crippen LogP contribution < -0.4 is 20.3 Å². The topological polar surface area (TPSA) is 104 Å². The molecule has 1 aromatic heterocycles.